The first-order valence-corrected chi connectivity index (χ1v) is 14.0. The molecule has 0 atom stereocenters. The molecule has 10 heteroatoms. The summed E-state index contributed by atoms with van der Waals surface area (Å²) in [5.74, 6) is 0. The van der Waals surface area contributed by atoms with Crippen LogP contribution in [0.3, 0.4) is 0 Å². The molecular formula is C18H15Cl3N3O3Ru. The molecule has 0 aliphatic rings. The van der Waals surface area contributed by atoms with Crippen molar-refractivity contribution in [2.24, 2.45) is 0 Å². The fourth-order valence-corrected chi connectivity index (χ4v) is 1.33. The SMILES string of the molecule is O=Cc1ccncc1.O=Cc1ccncc1.O=Cc1ccncc1.[Cl][Ru]([Cl])[Cl]. The maximum absolute atomic E-state index is 9.98. The van der Waals surface area contributed by atoms with Crippen molar-refractivity contribution < 1.29 is 27.4 Å². The molecule has 0 saturated carbocycles. The van der Waals surface area contributed by atoms with Crippen molar-refractivity contribution in [3.8, 4) is 0 Å². The molecule has 0 unspecified atom stereocenters. The summed E-state index contributed by atoms with van der Waals surface area (Å²) in [5.41, 5.74) is 2.00. The Bertz CT molecular complexity index is 677. The van der Waals surface area contributed by atoms with Crippen molar-refractivity contribution in [2.75, 3.05) is 0 Å². The molecule has 0 amide bonds. The van der Waals surface area contributed by atoms with Crippen LogP contribution in [0.2, 0.25) is 0 Å². The molecule has 6 nitrogen and oxygen atoms in total. The summed E-state index contributed by atoms with van der Waals surface area (Å²) >= 11 is -1.75. The van der Waals surface area contributed by atoms with Crippen LogP contribution >= 0.6 is 29.1 Å². The van der Waals surface area contributed by atoms with Crippen LogP contribution < -0.4 is 0 Å². The van der Waals surface area contributed by atoms with Gasteiger partial charge < -0.3 is 0 Å². The van der Waals surface area contributed by atoms with E-state index in [-0.39, 0.29) is 0 Å². The van der Waals surface area contributed by atoms with Crippen molar-refractivity contribution in [1.29, 1.82) is 0 Å². The number of carbonyl (C=O) groups is 3. The van der Waals surface area contributed by atoms with Crippen molar-refractivity contribution >= 4 is 47.9 Å². The van der Waals surface area contributed by atoms with E-state index < -0.39 is 13.0 Å². The first-order chi connectivity index (χ1) is 13.5. The number of hydrogen-bond acceptors (Lipinski definition) is 6. The number of carbonyl (C=O) groups excluding carboxylic acids is 3. The van der Waals surface area contributed by atoms with Gasteiger partial charge in [0.2, 0.25) is 0 Å². The molecular weight excluding hydrogens is 514 g/mol. The van der Waals surface area contributed by atoms with Crippen molar-refractivity contribution in [1.82, 2.24) is 15.0 Å². The van der Waals surface area contributed by atoms with Gasteiger partial charge in [-0.2, -0.15) is 0 Å². The van der Waals surface area contributed by atoms with Gasteiger partial charge in [0.05, 0.1) is 0 Å². The van der Waals surface area contributed by atoms with Crippen LogP contribution in [-0.2, 0) is 13.0 Å². The fraction of sp³-hybridized carbons (Fsp3) is 0. The van der Waals surface area contributed by atoms with Crippen LogP contribution in [-0.4, -0.2) is 33.8 Å². The van der Waals surface area contributed by atoms with E-state index in [0.717, 1.165) is 18.9 Å². The summed E-state index contributed by atoms with van der Waals surface area (Å²) in [7, 11) is 14.8. The van der Waals surface area contributed by atoms with E-state index in [1.807, 2.05) is 0 Å². The molecule has 0 fully saturated rings. The molecule has 0 N–H and O–H groups in total. The number of aldehydes is 3. The minimum atomic E-state index is -1.75. The van der Waals surface area contributed by atoms with Crippen LogP contribution in [0.1, 0.15) is 31.1 Å². The predicted octanol–water partition coefficient (Wildman–Crippen LogP) is 4.75. The Labute approximate surface area is 179 Å². The van der Waals surface area contributed by atoms with E-state index in [2.05, 4.69) is 15.0 Å². The third-order valence-corrected chi connectivity index (χ3v) is 2.53. The van der Waals surface area contributed by atoms with Gasteiger partial charge in [-0.1, -0.05) is 0 Å². The molecule has 28 heavy (non-hydrogen) atoms. The van der Waals surface area contributed by atoms with Gasteiger partial charge in [0, 0.05) is 53.9 Å². The van der Waals surface area contributed by atoms with Gasteiger partial charge in [-0.3, -0.25) is 29.3 Å². The first-order valence-electron chi connectivity index (χ1n) is 7.26. The number of nitrogens with zero attached hydrogens (tertiary/aromatic N) is 3. The first kappa shape index (κ1) is 26.0. The molecule has 0 aliphatic heterocycles. The number of aromatic nitrogens is 3. The Kier molecular flexibility index (Phi) is 17.0. The Balaban J connectivity index is 0.000000358. The van der Waals surface area contributed by atoms with Gasteiger partial charge in [0.25, 0.3) is 0 Å². The van der Waals surface area contributed by atoms with Gasteiger partial charge >= 0.3 is 42.1 Å². The fourth-order valence-electron chi connectivity index (χ4n) is 1.33. The van der Waals surface area contributed by atoms with E-state index in [4.69, 9.17) is 29.1 Å². The predicted molar refractivity (Wildman–Crippen MR) is 106 cm³/mol. The average Bonchev–Trinajstić information content (AvgIpc) is 2.76. The monoisotopic (exact) mass is 528 g/mol. The van der Waals surface area contributed by atoms with E-state index in [1.54, 1.807) is 73.6 Å². The Morgan fingerprint density at radius 1 is 0.536 bits per heavy atom. The van der Waals surface area contributed by atoms with E-state index >= 15 is 0 Å². The van der Waals surface area contributed by atoms with Crippen molar-refractivity contribution in [2.45, 2.75) is 0 Å². The van der Waals surface area contributed by atoms with Crippen LogP contribution in [0.4, 0.5) is 0 Å². The summed E-state index contributed by atoms with van der Waals surface area (Å²) < 4.78 is 0. The molecule has 3 rings (SSSR count). The van der Waals surface area contributed by atoms with Crippen LogP contribution in [0.25, 0.3) is 0 Å². The van der Waals surface area contributed by atoms with Crippen molar-refractivity contribution in [3.63, 3.8) is 0 Å². The minimum absolute atomic E-state index is 0.667. The Hall–Kier alpha value is -2.05. The third kappa shape index (κ3) is 16.2. The summed E-state index contributed by atoms with van der Waals surface area (Å²) in [5, 5.41) is 0. The summed E-state index contributed by atoms with van der Waals surface area (Å²) in [6.45, 7) is 0. The molecule has 3 heterocycles. The van der Waals surface area contributed by atoms with Gasteiger partial charge in [-0.05, 0) is 36.4 Å². The summed E-state index contributed by atoms with van der Waals surface area (Å²) in [4.78, 5) is 41.1. The molecule has 0 aromatic carbocycles. The second-order valence-corrected chi connectivity index (χ2v) is 12.3. The molecule has 3 aromatic rings. The van der Waals surface area contributed by atoms with Gasteiger partial charge in [-0.15, -0.1) is 0 Å². The molecule has 149 valence electrons. The molecule has 0 spiro atoms. The van der Waals surface area contributed by atoms with E-state index in [1.165, 1.54) is 0 Å². The second-order valence-electron chi connectivity index (χ2n) is 4.35. The summed E-state index contributed by atoms with van der Waals surface area (Å²) in [6, 6.07) is 9.96. The van der Waals surface area contributed by atoms with Crippen molar-refractivity contribution in [3.05, 3.63) is 90.3 Å². The quantitative estimate of drug-likeness (QED) is 0.360. The molecule has 3 aromatic heterocycles. The Morgan fingerprint density at radius 2 is 0.714 bits per heavy atom. The summed E-state index contributed by atoms with van der Waals surface area (Å²) in [6.07, 6.45) is 11.9. The van der Waals surface area contributed by atoms with E-state index in [0.29, 0.717) is 16.7 Å². The van der Waals surface area contributed by atoms with Gasteiger partial charge in [0.15, 0.2) is 0 Å². The standard InChI is InChI=1S/3C6H5NO.3ClH.Ru/c3*8-5-6-1-3-7-4-2-6;;;;/h3*1-5H;3*1H;/q;;;;;;+3/p-3. The number of halogens is 3. The number of pyridine rings is 3. The number of rotatable bonds is 3. The van der Waals surface area contributed by atoms with Crippen LogP contribution in [0.5, 0.6) is 0 Å². The molecule has 0 aliphatic carbocycles. The van der Waals surface area contributed by atoms with E-state index in [9.17, 15) is 14.4 Å². The molecule has 0 radical (unpaired) electrons. The third-order valence-electron chi connectivity index (χ3n) is 2.53. The zero-order valence-corrected chi connectivity index (χ0v) is 18.2. The zero-order valence-electron chi connectivity index (χ0n) is 14.2. The normalized spacial score (nSPS) is 8.89. The maximum atomic E-state index is 9.98. The Morgan fingerprint density at radius 3 is 0.821 bits per heavy atom. The molecule has 0 saturated heterocycles. The molecule has 0 bridgehead atoms. The zero-order chi connectivity index (χ0) is 21.0. The van der Waals surface area contributed by atoms with Crippen LogP contribution in [0, 0.1) is 0 Å². The second kappa shape index (κ2) is 18.3. The average molecular weight is 529 g/mol. The van der Waals surface area contributed by atoms with Gasteiger partial charge in [0.1, 0.15) is 18.9 Å². The van der Waals surface area contributed by atoms with Crippen LogP contribution in [0.15, 0.2) is 73.6 Å². The number of hydrogen-bond donors (Lipinski definition) is 0. The topological polar surface area (TPSA) is 89.9 Å². The van der Waals surface area contributed by atoms with Gasteiger partial charge in [-0.25, -0.2) is 0 Å².